The molecule has 5 nitrogen and oxygen atoms in total. The van der Waals surface area contributed by atoms with Gasteiger partial charge in [-0.3, -0.25) is 9.69 Å². The van der Waals surface area contributed by atoms with Gasteiger partial charge in [0.2, 0.25) is 0 Å². The molecule has 26 heavy (non-hydrogen) atoms. The number of carbonyl (C=O) groups is 1. The average molecular weight is 379 g/mol. The van der Waals surface area contributed by atoms with Crippen LogP contribution in [0.5, 0.6) is 5.75 Å². The molecule has 2 heterocycles. The molecule has 0 saturated carbocycles. The Morgan fingerprint density at radius 3 is 2.58 bits per heavy atom. The number of nitrogens with zero attached hydrogens (tertiary/aromatic N) is 1. The van der Waals surface area contributed by atoms with Gasteiger partial charge in [0.1, 0.15) is 17.3 Å². The van der Waals surface area contributed by atoms with Crippen LogP contribution >= 0.6 is 12.4 Å². The lowest BCUT2D eigenvalue weighted by molar-refractivity contribution is -0.123. The number of carbonyl (C=O) groups excluding carboxylic acids is 1. The van der Waals surface area contributed by atoms with Crippen LogP contribution in [0.2, 0.25) is 0 Å². The molecule has 3 rings (SSSR count). The van der Waals surface area contributed by atoms with E-state index in [0.717, 1.165) is 35.9 Å². The summed E-state index contributed by atoms with van der Waals surface area (Å²) >= 11 is 0. The number of aryl methyl sites for hydroxylation is 2. The Morgan fingerprint density at radius 2 is 1.92 bits per heavy atom. The van der Waals surface area contributed by atoms with Gasteiger partial charge in [-0.25, -0.2) is 0 Å². The van der Waals surface area contributed by atoms with Gasteiger partial charge in [0.15, 0.2) is 6.61 Å². The van der Waals surface area contributed by atoms with Gasteiger partial charge < -0.3 is 14.5 Å². The van der Waals surface area contributed by atoms with Crippen molar-refractivity contribution in [1.82, 2.24) is 10.2 Å². The van der Waals surface area contributed by atoms with Crippen LogP contribution in [0, 0.1) is 13.8 Å². The number of rotatable bonds is 7. The second kappa shape index (κ2) is 9.64. The zero-order valence-corrected chi connectivity index (χ0v) is 16.2. The second-order valence-corrected chi connectivity index (χ2v) is 6.57. The fourth-order valence-electron chi connectivity index (χ4n) is 3.22. The van der Waals surface area contributed by atoms with E-state index in [2.05, 4.69) is 10.2 Å². The molecule has 1 saturated heterocycles. The maximum atomic E-state index is 12.2. The molecule has 1 fully saturated rings. The van der Waals surface area contributed by atoms with Crippen molar-refractivity contribution in [2.45, 2.75) is 32.7 Å². The van der Waals surface area contributed by atoms with Crippen molar-refractivity contribution >= 4 is 18.3 Å². The minimum absolute atomic E-state index is 0. The summed E-state index contributed by atoms with van der Waals surface area (Å²) in [7, 11) is 0. The number of para-hydroxylation sites is 1. The third-order valence-electron chi connectivity index (χ3n) is 4.62. The molecule has 1 amide bonds. The van der Waals surface area contributed by atoms with E-state index in [1.807, 2.05) is 50.2 Å². The summed E-state index contributed by atoms with van der Waals surface area (Å²) < 4.78 is 11.4. The summed E-state index contributed by atoms with van der Waals surface area (Å²) in [5, 5.41) is 2.99. The molecule has 1 aromatic carbocycles. The molecule has 2 aromatic rings. The topological polar surface area (TPSA) is 54.7 Å². The highest BCUT2D eigenvalue weighted by atomic mass is 35.5. The minimum Gasteiger partial charge on any atom is -0.484 e. The predicted molar refractivity (Wildman–Crippen MR) is 104 cm³/mol. The molecular weight excluding hydrogens is 352 g/mol. The minimum atomic E-state index is -0.115. The lowest BCUT2D eigenvalue weighted by atomic mass is 10.2. The van der Waals surface area contributed by atoms with Crippen LogP contribution in [-0.2, 0) is 4.79 Å². The maximum Gasteiger partial charge on any atom is 0.258 e. The van der Waals surface area contributed by atoms with E-state index in [1.165, 1.54) is 12.8 Å². The Labute approximate surface area is 161 Å². The molecule has 0 radical (unpaired) electrons. The highest BCUT2D eigenvalue weighted by Gasteiger charge is 2.26. The Kier molecular flexibility index (Phi) is 7.54. The maximum absolute atomic E-state index is 12.2. The summed E-state index contributed by atoms with van der Waals surface area (Å²) in [4.78, 5) is 14.6. The van der Waals surface area contributed by atoms with Crippen LogP contribution in [0.25, 0.3) is 0 Å². The largest absolute Gasteiger partial charge is 0.484 e. The number of benzene rings is 1. The van der Waals surface area contributed by atoms with Crippen LogP contribution in [-0.4, -0.2) is 37.0 Å². The van der Waals surface area contributed by atoms with Gasteiger partial charge in [-0.1, -0.05) is 18.2 Å². The van der Waals surface area contributed by atoms with Crippen LogP contribution in [0.15, 0.2) is 40.8 Å². The molecule has 0 spiro atoms. The van der Waals surface area contributed by atoms with Crippen LogP contribution in [0.4, 0.5) is 0 Å². The molecule has 0 bridgehead atoms. The number of amides is 1. The van der Waals surface area contributed by atoms with E-state index in [9.17, 15) is 4.79 Å². The van der Waals surface area contributed by atoms with Crippen molar-refractivity contribution in [3.05, 3.63) is 53.5 Å². The first-order chi connectivity index (χ1) is 12.1. The smallest absolute Gasteiger partial charge is 0.258 e. The third kappa shape index (κ3) is 5.26. The number of nitrogens with one attached hydrogen (secondary N) is 1. The highest BCUT2D eigenvalue weighted by molar-refractivity contribution is 5.85. The van der Waals surface area contributed by atoms with Crippen molar-refractivity contribution in [3.63, 3.8) is 0 Å². The van der Waals surface area contributed by atoms with Crippen molar-refractivity contribution in [2.24, 2.45) is 0 Å². The number of hydrogen-bond donors (Lipinski definition) is 1. The number of halogens is 1. The molecule has 0 aliphatic carbocycles. The first-order valence-electron chi connectivity index (χ1n) is 8.89. The van der Waals surface area contributed by atoms with Gasteiger partial charge in [0, 0.05) is 6.54 Å². The fourth-order valence-corrected chi connectivity index (χ4v) is 3.22. The van der Waals surface area contributed by atoms with Gasteiger partial charge in [-0.05, 0) is 63.5 Å². The summed E-state index contributed by atoms with van der Waals surface area (Å²) in [5.74, 6) is 2.44. The SMILES string of the molecule is Cc1ccc(C(CNC(=O)COc2ccccc2C)N2CCCC2)o1.Cl. The van der Waals surface area contributed by atoms with E-state index in [-0.39, 0.29) is 31.0 Å². The van der Waals surface area contributed by atoms with Gasteiger partial charge in [0.05, 0.1) is 6.04 Å². The first-order valence-corrected chi connectivity index (χ1v) is 8.89. The quantitative estimate of drug-likeness (QED) is 0.799. The Balaban J connectivity index is 0.00000243. The lowest BCUT2D eigenvalue weighted by Crippen LogP contribution is -2.38. The van der Waals surface area contributed by atoms with E-state index >= 15 is 0 Å². The number of ether oxygens (including phenoxy) is 1. The van der Waals surface area contributed by atoms with Gasteiger partial charge in [-0.2, -0.15) is 0 Å². The molecule has 1 atom stereocenters. The average Bonchev–Trinajstić information content (AvgIpc) is 3.27. The Bertz CT molecular complexity index is 711. The fraction of sp³-hybridized carbons (Fsp3) is 0.450. The van der Waals surface area contributed by atoms with Crippen LogP contribution in [0.1, 0.15) is 36.0 Å². The van der Waals surface area contributed by atoms with E-state index < -0.39 is 0 Å². The van der Waals surface area contributed by atoms with Crippen molar-refractivity contribution in [2.75, 3.05) is 26.2 Å². The van der Waals surface area contributed by atoms with Crippen LogP contribution in [0.3, 0.4) is 0 Å². The molecule has 1 aliphatic rings. The zero-order valence-electron chi connectivity index (χ0n) is 15.4. The lowest BCUT2D eigenvalue weighted by Gasteiger charge is -2.26. The summed E-state index contributed by atoms with van der Waals surface area (Å²) in [6.07, 6.45) is 2.39. The van der Waals surface area contributed by atoms with E-state index in [1.54, 1.807) is 0 Å². The number of furan rings is 1. The first kappa shape index (κ1) is 20.3. The molecule has 1 N–H and O–H groups in total. The molecule has 142 valence electrons. The molecule has 1 aliphatic heterocycles. The molecule has 6 heteroatoms. The third-order valence-corrected chi connectivity index (χ3v) is 4.62. The second-order valence-electron chi connectivity index (χ2n) is 6.57. The van der Waals surface area contributed by atoms with Crippen molar-refractivity contribution in [3.8, 4) is 5.75 Å². The van der Waals surface area contributed by atoms with Gasteiger partial charge >= 0.3 is 0 Å². The Morgan fingerprint density at radius 1 is 1.19 bits per heavy atom. The number of hydrogen-bond acceptors (Lipinski definition) is 4. The van der Waals surface area contributed by atoms with Gasteiger partial charge in [-0.15, -0.1) is 12.4 Å². The monoisotopic (exact) mass is 378 g/mol. The summed E-state index contributed by atoms with van der Waals surface area (Å²) in [6.45, 7) is 6.55. The normalized spacial score (nSPS) is 15.3. The van der Waals surface area contributed by atoms with Gasteiger partial charge in [0.25, 0.3) is 5.91 Å². The molecule has 1 aromatic heterocycles. The molecular formula is C20H27ClN2O3. The summed E-state index contributed by atoms with van der Waals surface area (Å²) in [5.41, 5.74) is 1.02. The Hall–Kier alpha value is -1.98. The summed E-state index contributed by atoms with van der Waals surface area (Å²) in [6, 6.07) is 11.8. The van der Waals surface area contributed by atoms with Crippen molar-refractivity contribution in [1.29, 1.82) is 0 Å². The van der Waals surface area contributed by atoms with Crippen LogP contribution < -0.4 is 10.1 Å². The zero-order chi connectivity index (χ0) is 17.6. The molecule has 1 unspecified atom stereocenters. The standard InChI is InChI=1S/C20H26N2O3.ClH/c1-15-7-3-4-8-18(15)24-14-20(23)21-13-17(22-11-5-6-12-22)19-10-9-16(2)25-19;/h3-4,7-10,17H,5-6,11-14H2,1-2H3,(H,21,23);1H. The predicted octanol–water partition coefficient (Wildman–Crippen LogP) is 3.65. The highest BCUT2D eigenvalue weighted by Crippen LogP contribution is 2.26. The number of likely N-dealkylation sites (tertiary alicyclic amines) is 1. The van der Waals surface area contributed by atoms with Crippen molar-refractivity contribution < 1.29 is 13.9 Å². The van der Waals surface area contributed by atoms with E-state index in [0.29, 0.717) is 6.54 Å². The van der Waals surface area contributed by atoms with E-state index in [4.69, 9.17) is 9.15 Å².